The highest BCUT2D eigenvalue weighted by Crippen LogP contribution is 2.23. The van der Waals surface area contributed by atoms with Gasteiger partial charge in [0.25, 0.3) is 0 Å². The van der Waals surface area contributed by atoms with Gasteiger partial charge in [-0.2, -0.15) is 0 Å². The first-order chi connectivity index (χ1) is 9.88. The molecule has 0 heterocycles. The molecular weight excluding hydrogens is 250 g/mol. The maximum Gasteiger partial charge on any atom is 0.127 e. The summed E-state index contributed by atoms with van der Waals surface area (Å²) < 4.78 is 11.4. The Hall–Kier alpha value is -2.00. The van der Waals surface area contributed by atoms with Crippen LogP contribution in [0.2, 0.25) is 0 Å². The molecule has 2 aromatic carbocycles. The number of ether oxygens (including phenoxy) is 2. The van der Waals surface area contributed by atoms with Gasteiger partial charge in [0.05, 0.1) is 0 Å². The Morgan fingerprint density at radius 3 is 2.15 bits per heavy atom. The summed E-state index contributed by atoms with van der Waals surface area (Å²) in [6.45, 7) is 4.74. The predicted molar refractivity (Wildman–Crippen MR) is 81.6 cm³/mol. The van der Waals surface area contributed by atoms with Gasteiger partial charge in [-0.3, -0.25) is 0 Å². The van der Waals surface area contributed by atoms with E-state index in [1.165, 1.54) is 0 Å². The fourth-order valence-electron chi connectivity index (χ4n) is 1.77. The van der Waals surface area contributed by atoms with Crippen LogP contribution in [0.3, 0.4) is 0 Å². The van der Waals surface area contributed by atoms with Crippen molar-refractivity contribution in [1.29, 1.82) is 0 Å². The number of nitrogens with one attached hydrogen (secondary N) is 1. The Balaban J connectivity index is 1.78. The maximum absolute atomic E-state index is 5.72. The summed E-state index contributed by atoms with van der Waals surface area (Å²) in [5, 5.41) is 3.30. The van der Waals surface area contributed by atoms with Crippen LogP contribution in [-0.4, -0.2) is 19.7 Å². The largest absolute Gasteiger partial charge is 0.492 e. The lowest BCUT2D eigenvalue weighted by Crippen LogP contribution is -2.21. The van der Waals surface area contributed by atoms with E-state index >= 15 is 0 Å². The minimum absolute atomic E-state index is 0.679. The van der Waals surface area contributed by atoms with E-state index in [0.717, 1.165) is 36.8 Å². The number of benzene rings is 2. The normalized spacial score (nSPS) is 10.2. The third kappa shape index (κ3) is 4.94. The molecular formula is C17H21NO2. The van der Waals surface area contributed by atoms with Crippen LogP contribution >= 0.6 is 0 Å². The number of hydrogen-bond acceptors (Lipinski definition) is 3. The lowest BCUT2D eigenvalue weighted by Gasteiger charge is -2.09. The highest BCUT2D eigenvalue weighted by atomic mass is 16.5. The maximum atomic E-state index is 5.72. The monoisotopic (exact) mass is 271 g/mol. The Labute approximate surface area is 120 Å². The quantitative estimate of drug-likeness (QED) is 0.740. The smallest absolute Gasteiger partial charge is 0.127 e. The molecule has 0 saturated heterocycles. The number of hydrogen-bond donors (Lipinski definition) is 1. The summed E-state index contributed by atoms with van der Waals surface area (Å²) in [6, 6.07) is 17.4. The SMILES string of the molecule is CCCNCCOc1ccc(Oc2ccccc2)cc1. The second-order valence-corrected chi connectivity index (χ2v) is 4.48. The first kappa shape index (κ1) is 14.4. The zero-order valence-corrected chi connectivity index (χ0v) is 11.8. The molecule has 0 aromatic heterocycles. The van der Waals surface area contributed by atoms with E-state index in [1.54, 1.807) is 0 Å². The van der Waals surface area contributed by atoms with Crippen LogP contribution in [0.15, 0.2) is 54.6 Å². The van der Waals surface area contributed by atoms with E-state index in [-0.39, 0.29) is 0 Å². The van der Waals surface area contributed by atoms with Crippen LogP contribution in [0, 0.1) is 0 Å². The van der Waals surface area contributed by atoms with Crippen molar-refractivity contribution in [3.05, 3.63) is 54.6 Å². The van der Waals surface area contributed by atoms with Crippen molar-refractivity contribution in [3.63, 3.8) is 0 Å². The Kier molecular flexibility index (Phi) is 5.93. The summed E-state index contributed by atoms with van der Waals surface area (Å²) in [5.74, 6) is 2.52. The van der Waals surface area contributed by atoms with Gasteiger partial charge in [0.2, 0.25) is 0 Å². The van der Waals surface area contributed by atoms with Crippen molar-refractivity contribution >= 4 is 0 Å². The van der Waals surface area contributed by atoms with Crippen LogP contribution in [0.5, 0.6) is 17.2 Å². The molecule has 0 bridgehead atoms. The van der Waals surface area contributed by atoms with Gasteiger partial charge in [0.15, 0.2) is 0 Å². The lowest BCUT2D eigenvalue weighted by atomic mass is 10.3. The molecule has 0 spiro atoms. The van der Waals surface area contributed by atoms with Crippen molar-refractivity contribution in [1.82, 2.24) is 5.32 Å². The third-order valence-corrected chi connectivity index (χ3v) is 2.78. The standard InChI is InChI=1S/C17H21NO2/c1-2-12-18-13-14-19-15-8-10-17(11-9-15)20-16-6-4-3-5-7-16/h3-11,18H,2,12-14H2,1H3. The molecule has 2 aromatic rings. The van der Waals surface area contributed by atoms with Gasteiger partial charge in [-0.1, -0.05) is 25.1 Å². The molecule has 0 radical (unpaired) electrons. The van der Waals surface area contributed by atoms with E-state index < -0.39 is 0 Å². The van der Waals surface area contributed by atoms with Gasteiger partial charge < -0.3 is 14.8 Å². The molecule has 0 saturated carbocycles. The summed E-state index contributed by atoms with van der Waals surface area (Å²) in [7, 11) is 0. The average molecular weight is 271 g/mol. The average Bonchev–Trinajstić information content (AvgIpc) is 2.50. The number of para-hydroxylation sites is 1. The first-order valence-corrected chi connectivity index (χ1v) is 7.05. The van der Waals surface area contributed by atoms with Gasteiger partial charge in [0, 0.05) is 6.54 Å². The van der Waals surface area contributed by atoms with Crippen molar-refractivity contribution in [3.8, 4) is 17.2 Å². The fraction of sp³-hybridized carbons (Fsp3) is 0.294. The van der Waals surface area contributed by atoms with Crippen molar-refractivity contribution < 1.29 is 9.47 Å². The van der Waals surface area contributed by atoms with Gasteiger partial charge >= 0.3 is 0 Å². The second kappa shape index (κ2) is 8.23. The van der Waals surface area contributed by atoms with Gasteiger partial charge in [0.1, 0.15) is 23.9 Å². The molecule has 0 aliphatic carbocycles. The van der Waals surface area contributed by atoms with Crippen LogP contribution < -0.4 is 14.8 Å². The molecule has 3 nitrogen and oxygen atoms in total. The van der Waals surface area contributed by atoms with Gasteiger partial charge in [-0.15, -0.1) is 0 Å². The molecule has 106 valence electrons. The molecule has 0 amide bonds. The van der Waals surface area contributed by atoms with Crippen molar-refractivity contribution in [2.24, 2.45) is 0 Å². The Morgan fingerprint density at radius 1 is 0.800 bits per heavy atom. The molecule has 3 heteroatoms. The van der Waals surface area contributed by atoms with Crippen molar-refractivity contribution in [2.45, 2.75) is 13.3 Å². The highest BCUT2D eigenvalue weighted by molar-refractivity contribution is 5.35. The van der Waals surface area contributed by atoms with E-state index in [2.05, 4.69) is 12.2 Å². The predicted octanol–water partition coefficient (Wildman–Crippen LogP) is 3.86. The van der Waals surface area contributed by atoms with E-state index in [0.29, 0.717) is 6.61 Å². The molecule has 0 unspecified atom stereocenters. The molecule has 2 rings (SSSR count). The summed E-state index contributed by atoms with van der Waals surface area (Å²) in [4.78, 5) is 0. The zero-order chi connectivity index (χ0) is 14.0. The van der Waals surface area contributed by atoms with Crippen LogP contribution in [0.4, 0.5) is 0 Å². The van der Waals surface area contributed by atoms with Crippen LogP contribution in [0.25, 0.3) is 0 Å². The minimum Gasteiger partial charge on any atom is -0.492 e. The second-order valence-electron chi connectivity index (χ2n) is 4.48. The molecule has 0 aliphatic heterocycles. The Morgan fingerprint density at radius 2 is 1.45 bits per heavy atom. The molecule has 0 fully saturated rings. The van der Waals surface area contributed by atoms with Crippen molar-refractivity contribution in [2.75, 3.05) is 19.7 Å². The summed E-state index contributed by atoms with van der Waals surface area (Å²) in [5.41, 5.74) is 0. The third-order valence-electron chi connectivity index (χ3n) is 2.78. The van der Waals surface area contributed by atoms with Crippen LogP contribution in [0.1, 0.15) is 13.3 Å². The Bertz CT molecular complexity index is 482. The van der Waals surface area contributed by atoms with E-state index in [1.807, 2.05) is 54.6 Å². The van der Waals surface area contributed by atoms with Gasteiger partial charge in [-0.25, -0.2) is 0 Å². The lowest BCUT2D eigenvalue weighted by molar-refractivity contribution is 0.314. The molecule has 1 N–H and O–H groups in total. The zero-order valence-electron chi connectivity index (χ0n) is 11.8. The minimum atomic E-state index is 0.679. The van der Waals surface area contributed by atoms with E-state index in [9.17, 15) is 0 Å². The molecule has 0 atom stereocenters. The molecule has 20 heavy (non-hydrogen) atoms. The summed E-state index contributed by atoms with van der Waals surface area (Å²) in [6.07, 6.45) is 1.14. The number of rotatable bonds is 8. The topological polar surface area (TPSA) is 30.5 Å². The molecule has 0 aliphatic rings. The van der Waals surface area contributed by atoms with E-state index in [4.69, 9.17) is 9.47 Å². The first-order valence-electron chi connectivity index (χ1n) is 7.05. The highest BCUT2D eigenvalue weighted by Gasteiger charge is 1.98. The van der Waals surface area contributed by atoms with Gasteiger partial charge in [-0.05, 0) is 49.4 Å². The summed E-state index contributed by atoms with van der Waals surface area (Å²) >= 11 is 0. The van der Waals surface area contributed by atoms with Crippen LogP contribution in [-0.2, 0) is 0 Å². The fourth-order valence-corrected chi connectivity index (χ4v) is 1.77.